The minimum Gasteiger partial charge on any atom is -0.340 e. The standard InChI is InChI=1S/C21H21N5O2/c1-13(27)16-6-4-7-17(10-16)25-20-12-21(23-14(2)22-20)26-19-9-5-8-18(11-19)24-15(3)28/h4-12H,1-3H3,(H,24,28)(H2,22,23,25,26). The lowest BCUT2D eigenvalue weighted by Gasteiger charge is -2.12. The van der Waals surface area contributed by atoms with E-state index in [0.717, 1.165) is 11.4 Å². The minimum absolute atomic E-state index is 0.00364. The summed E-state index contributed by atoms with van der Waals surface area (Å²) in [6, 6.07) is 16.4. The van der Waals surface area contributed by atoms with Crippen molar-refractivity contribution in [1.29, 1.82) is 0 Å². The number of rotatable bonds is 6. The Morgan fingerprint density at radius 2 is 1.36 bits per heavy atom. The van der Waals surface area contributed by atoms with Crippen molar-refractivity contribution >= 4 is 40.4 Å². The molecule has 3 rings (SSSR count). The second-order valence-electron chi connectivity index (χ2n) is 6.33. The molecule has 1 amide bonds. The van der Waals surface area contributed by atoms with Crippen molar-refractivity contribution in [2.45, 2.75) is 20.8 Å². The average Bonchev–Trinajstić information content (AvgIpc) is 2.61. The van der Waals surface area contributed by atoms with E-state index >= 15 is 0 Å². The molecule has 1 heterocycles. The maximum absolute atomic E-state index is 11.6. The molecule has 3 aromatic rings. The van der Waals surface area contributed by atoms with E-state index in [9.17, 15) is 9.59 Å². The van der Waals surface area contributed by atoms with Gasteiger partial charge in [-0.15, -0.1) is 0 Å². The maximum atomic E-state index is 11.6. The van der Waals surface area contributed by atoms with Crippen LogP contribution in [0.1, 0.15) is 30.0 Å². The number of aromatic nitrogens is 2. The number of carbonyl (C=O) groups is 2. The zero-order valence-electron chi connectivity index (χ0n) is 15.9. The summed E-state index contributed by atoms with van der Waals surface area (Å²) < 4.78 is 0. The number of benzene rings is 2. The molecule has 0 saturated carbocycles. The Labute approximate surface area is 163 Å². The Bertz CT molecular complexity index is 1030. The van der Waals surface area contributed by atoms with E-state index in [1.807, 2.05) is 36.4 Å². The number of anilines is 5. The number of ketones is 1. The van der Waals surface area contributed by atoms with Gasteiger partial charge in [-0.1, -0.05) is 18.2 Å². The van der Waals surface area contributed by atoms with Crippen LogP contribution in [0, 0.1) is 6.92 Å². The number of aryl methyl sites for hydroxylation is 1. The number of nitrogens with one attached hydrogen (secondary N) is 3. The largest absolute Gasteiger partial charge is 0.340 e. The molecule has 0 spiro atoms. The van der Waals surface area contributed by atoms with E-state index in [1.165, 1.54) is 13.8 Å². The predicted octanol–water partition coefficient (Wildman–Crippen LogP) is 4.43. The topological polar surface area (TPSA) is 96.0 Å². The number of nitrogens with zero attached hydrogens (tertiary/aromatic N) is 2. The van der Waals surface area contributed by atoms with Gasteiger partial charge in [-0.2, -0.15) is 0 Å². The third kappa shape index (κ3) is 5.14. The van der Waals surface area contributed by atoms with Crippen LogP contribution in [-0.4, -0.2) is 21.7 Å². The smallest absolute Gasteiger partial charge is 0.221 e. The highest BCUT2D eigenvalue weighted by atomic mass is 16.1. The van der Waals surface area contributed by atoms with Crippen LogP contribution in [0.3, 0.4) is 0 Å². The molecule has 0 unspecified atom stereocenters. The van der Waals surface area contributed by atoms with Gasteiger partial charge < -0.3 is 16.0 Å². The van der Waals surface area contributed by atoms with Crippen LogP contribution >= 0.6 is 0 Å². The molecule has 142 valence electrons. The fourth-order valence-corrected chi connectivity index (χ4v) is 2.69. The van der Waals surface area contributed by atoms with Gasteiger partial charge in [0.05, 0.1) is 0 Å². The lowest BCUT2D eigenvalue weighted by atomic mass is 10.1. The third-order valence-electron chi connectivity index (χ3n) is 3.83. The number of hydrogen-bond acceptors (Lipinski definition) is 6. The highest BCUT2D eigenvalue weighted by Gasteiger charge is 2.06. The van der Waals surface area contributed by atoms with Gasteiger partial charge in [-0.3, -0.25) is 9.59 Å². The lowest BCUT2D eigenvalue weighted by Crippen LogP contribution is -2.06. The Kier molecular flexibility index (Phi) is 5.64. The van der Waals surface area contributed by atoms with E-state index in [-0.39, 0.29) is 11.7 Å². The molecular formula is C21H21N5O2. The first-order valence-electron chi connectivity index (χ1n) is 8.77. The summed E-state index contributed by atoms with van der Waals surface area (Å²) in [6.07, 6.45) is 0. The first kappa shape index (κ1) is 19.0. The Morgan fingerprint density at radius 3 is 1.96 bits per heavy atom. The fourth-order valence-electron chi connectivity index (χ4n) is 2.69. The second-order valence-corrected chi connectivity index (χ2v) is 6.33. The van der Waals surface area contributed by atoms with Crippen LogP contribution in [0.5, 0.6) is 0 Å². The van der Waals surface area contributed by atoms with Gasteiger partial charge in [0, 0.05) is 35.6 Å². The number of Topliss-reactive ketones (excluding diaryl/α,β-unsaturated/α-hetero) is 1. The van der Waals surface area contributed by atoms with Gasteiger partial charge in [-0.25, -0.2) is 9.97 Å². The van der Waals surface area contributed by atoms with Crippen LogP contribution in [0.15, 0.2) is 54.6 Å². The molecule has 7 heteroatoms. The molecule has 0 saturated heterocycles. The first-order chi connectivity index (χ1) is 13.4. The average molecular weight is 375 g/mol. The van der Waals surface area contributed by atoms with Crippen molar-refractivity contribution in [3.63, 3.8) is 0 Å². The summed E-state index contributed by atoms with van der Waals surface area (Å²) >= 11 is 0. The molecule has 0 radical (unpaired) electrons. The van der Waals surface area contributed by atoms with Crippen molar-refractivity contribution in [1.82, 2.24) is 9.97 Å². The second kappa shape index (κ2) is 8.30. The van der Waals surface area contributed by atoms with E-state index in [4.69, 9.17) is 0 Å². The third-order valence-corrected chi connectivity index (χ3v) is 3.83. The molecule has 2 aromatic carbocycles. The summed E-state index contributed by atoms with van der Waals surface area (Å²) in [4.78, 5) is 31.6. The lowest BCUT2D eigenvalue weighted by molar-refractivity contribution is -0.114. The van der Waals surface area contributed by atoms with Crippen molar-refractivity contribution in [2.24, 2.45) is 0 Å². The fraction of sp³-hybridized carbons (Fsp3) is 0.143. The minimum atomic E-state index is -0.130. The predicted molar refractivity (Wildman–Crippen MR) is 111 cm³/mol. The maximum Gasteiger partial charge on any atom is 0.221 e. The molecule has 3 N–H and O–H groups in total. The molecule has 0 bridgehead atoms. The molecule has 0 fully saturated rings. The van der Waals surface area contributed by atoms with Gasteiger partial charge in [0.25, 0.3) is 0 Å². The summed E-state index contributed by atoms with van der Waals surface area (Å²) in [5, 5.41) is 9.17. The number of carbonyl (C=O) groups excluding carboxylic acids is 2. The molecule has 0 atom stereocenters. The Morgan fingerprint density at radius 1 is 0.786 bits per heavy atom. The first-order valence-corrected chi connectivity index (χ1v) is 8.77. The summed E-state index contributed by atoms with van der Waals surface area (Å²) in [5.74, 6) is 1.68. The highest BCUT2D eigenvalue weighted by Crippen LogP contribution is 2.23. The summed E-state index contributed by atoms with van der Waals surface area (Å²) in [5.41, 5.74) is 2.88. The van der Waals surface area contributed by atoms with Crippen LogP contribution in [0.25, 0.3) is 0 Å². The monoisotopic (exact) mass is 375 g/mol. The van der Waals surface area contributed by atoms with Crippen LogP contribution in [-0.2, 0) is 4.79 Å². The molecule has 0 aliphatic heterocycles. The quantitative estimate of drug-likeness (QED) is 0.552. The molecule has 0 aliphatic rings. The van der Waals surface area contributed by atoms with Crippen LogP contribution in [0.4, 0.5) is 28.7 Å². The van der Waals surface area contributed by atoms with Crippen LogP contribution in [0.2, 0.25) is 0 Å². The van der Waals surface area contributed by atoms with E-state index in [2.05, 4.69) is 25.9 Å². The number of amides is 1. The van der Waals surface area contributed by atoms with Crippen molar-refractivity contribution < 1.29 is 9.59 Å². The van der Waals surface area contributed by atoms with E-state index in [1.54, 1.807) is 25.1 Å². The zero-order chi connectivity index (χ0) is 20.1. The number of hydrogen-bond donors (Lipinski definition) is 3. The SMILES string of the molecule is CC(=O)Nc1cccc(Nc2cc(Nc3cccc(C(C)=O)c3)nc(C)n2)c1. The van der Waals surface area contributed by atoms with Crippen LogP contribution < -0.4 is 16.0 Å². The highest BCUT2D eigenvalue weighted by molar-refractivity contribution is 5.95. The Hall–Kier alpha value is -3.74. The van der Waals surface area contributed by atoms with Crippen molar-refractivity contribution in [2.75, 3.05) is 16.0 Å². The summed E-state index contributed by atoms with van der Waals surface area (Å²) in [7, 11) is 0. The normalized spacial score (nSPS) is 10.2. The molecule has 1 aromatic heterocycles. The molecular weight excluding hydrogens is 354 g/mol. The molecule has 28 heavy (non-hydrogen) atoms. The summed E-state index contributed by atoms with van der Waals surface area (Å²) in [6.45, 7) is 4.80. The van der Waals surface area contributed by atoms with Crippen molar-refractivity contribution in [3.05, 3.63) is 66.0 Å². The Balaban J connectivity index is 1.81. The molecule has 0 aliphatic carbocycles. The van der Waals surface area contributed by atoms with Gasteiger partial charge in [0.1, 0.15) is 17.5 Å². The zero-order valence-corrected chi connectivity index (χ0v) is 15.9. The molecule has 7 nitrogen and oxygen atoms in total. The van der Waals surface area contributed by atoms with E-state index < -0.39 is 0 Å². The van der Waals surface area contributed by atoms with Gasteiger partial charge >= 0.3 is 0 Å². The van der Waals surface area contributed by atoms with Gasteiger partial charge in [0.15, 0.2) is 5.78 Å². The van der Waals surface area contributed by atoms with Gasteiger partial charge in [-0.05, 0) is 44.2 Å². The van der Waals surface area contributed by atoms with E-state index in [0.29, 0.717) is 28.7 Å². The van der Waals surface area contributed by atoms with Gasteiger partial charge in [0.2, 0.25) is 5.91 Å². The van der Waals surface area contributed by atoms with Crippen molar-refractivity contribution in [3.8, 4) is 0 Å².